The maximum atomic E-state index is 12.4. The molecule has 1 aromatic carbocycles. The van der Waals surface area contributed by atoms with Crippen LogP contribution in [0.2, 0.25) is 0 Å². The van der Waals surface area contributed by atoms with E-state index < -0.39 is 0 Å². The van der Waals surface area contributed by atoms with Crippen LogP contribution in [0.25, 0.3) is 11.4 Å². The van der Waals surface area contributed by atoms with Gasteiger partial charge in [-0.25, -0.2) is 4.98 Å². The largest absolute Gasteiger partial charge is 0.342 e. The van der Waals surface area contributed by atoms with E-state index in [4.69, 9.17) is 0 Å². The minimum Gasteiger partial charge on any atom is -0.342 e. The molecule has 5 nitrogen and oxygen atoms in total. The number of amides is 1. The van der Waals surface area contributed by atoms with Gasteiger partial charge in [-0.2, -0.15) is 0 Å². The normalized spacial score (nSPS) is 14.1. The second-order valence-electron chi connectivity index (χ2n) is 7.57. The van der Waals surface area contributed by atoms with E-state index in [2.05, 4.69) is 45.7 Å². The molecule has 4 rings (SSSR count). The molecule has 1 aliphatic rings. The third-order valence-corrected chi connectivity index (χ3v) is 5.44. The van der Waals surface area contributed by atoms with Crippen molar-refractivity contribution >= 4 is 5.91 Å². The highest BCUT2D eigenvalue weighted by Crippen LogP contribution is 2.24. The van der Waals surface area contributed by atoms with Crippen molar-refractivity contribution in [1.82, 2.24) is 19.4 Å². The van der Waals surface area contributed by atoms with Crippen LogP contribution in [0.3, 0.4) is 0 Å². The van der Waals surface area contributed by atoms with Gasteiger partial charge in [-0.3, -0.25) is 9.78 Å². The smallest absolute Gasteiger partial charge is 0.222 e. The Morgan fingerprint density at radius 2 is 1.86 bits per heavy atom. The van der Waals surface area contributed by atoms with E-state index >= 15 is 0 Å². The fourth-order valence-electron chi connectivity index (χ4n) is 3.82. The Morgan fingerprint density at radius 1 is 1.11 bits per heavy atom. The standard InChI is InChI=1S/C23H26N4O/c1-18-14-25-23(21-10-12-24-13-11-21)27(18)17-20-15-26(16-20)22(28)9-5-8-19-6-3-2-4-7-19/h2-4,6-7,10-14,20H,5,8-9,15-17H2,1H3. The van der Waals surface area contributed by atoms with Gasteiger partial charge in [0.15, 0.2) is 0 Å². The highest BCUT2D eigenvalue weighted by atomic mass is 16.2. The lowest BCUT2D eigenvalue weighted by Gasteiger charge is -2.40. The number of likely N-dealkylation sites (tertiary alicyclic amines) is 1. The molecule has 0 aliphatic carbocycles. The first-order valence-corrected chi connectivity index (χ1v) is 9.95. The van der Waals surface area contributed by atoms with E-state index in [0.717, 1.165) is 49.6 Å². The topological polar surface area (TPSA) is 51.0 Å². The van der Waals surface area contributed by atoms with E-state index in [1.807, 2.05) is 29.3 Å². The monoisotopic (exact) mass is 374 g/mol. The number of aryl methyl sites for hydroxylation is 2. The maximum absolute atomic E-state index is 12.4. The Kier molecular flexibility index (Phi) is 5.51. The summed E-state index contributed by atoms with van der Waals surface area (Å²) in [6, 6.07) is 14.3. The van der Waals surface area contributed by atoms with Gasteiger partial charge in [0.2, 0.25) is 5.91 Å². The van der Waals surface area contributed by atoms with Gasteiger partial charge in [-0.1, -0.05) is 30.3 Å². The fourth-order valence-corrected chi connectivity index (χ4v) is 3.82. The number of carbonyl (C=O) groups is 1. The van der Waals surface area contributed by atoms with Gasteiger partial charge in [0.25, 0.3) is 0 Å². The minimum atomic E-state index is 0.281. The van der Waals surface area contributed by atoms with Crippen molar-refractivity contribution < 1.29 is 4.79 Å². The lowest BCUT2D eigenvalue weighted by Crippen LogP contribution is -2.51. The Hall–Kier alpha value is -2.95. The third-order valence-electron chi connectivity index (χ3n) is 5.44. The highest BCUT2D eigenvalue weighted by molar-refractivity contribution is 5.77. The zero-order valence-electron chi connectivity index (χ0n) is 16.3. The average Bonchev–Trinajstić information content (AvgIpc) is 3.06. The molecule has 5 heteroatoms. The van der Waals surface area contributed by atoms with Crippen molar-refractivity contribution in [3.05, 3.63) is 72.3 Å². The summed E-state index contributed by atoms with van der Waals surface area (Å²) in [6.07, 6.45) is 8.02. The Morgan fingerprint density at radius 3 is 2.61 bits per heavy atom. The quantitative estimate of drug-likeness (QED) is 0.633. The second kappa shape index (κ2) is 8.38. The number of rotatable bonds is 7. The lowest BCUT2D eigenvalue weighted by molar-refractivity contribution is -0.137. The Bertz CT molecular complexity index is 914. The van der Waals surface area contributed by atoms with Crippen LogP contribution < -0.4 is 0 Å². The lowest BCUT2D eigenvalue weighted by atomic mass is 9.98. The number of pyridine rings is 1. The Labute approximate surface area is 166 Å². The van der Waals surface area contributed by atoms with Crippen LogP contribution in [-0.2, 0) is 17.8 Å². The van der Waals surface area contributed by atoms with Crippen LogP contribution >= 0.6 is 0 Å². The van der Waals surface area contributed by atoms with Crippen LogP contribution in [-0.4, -0.2) is 38.4 Å². The van der Waals surface area contributed by atoms with Crippen LogP contribution in [0, 0.1) is 12.8 Å². The summed E-state index contributed by atoms with van der Waals surface area (Å²) >= 11 is 0. The molecule has 1 saturated heterocycles. The van der Waals surface area contributed by atoms with Crippen molar-refractivity contribution in [1.29, 1.82) is 0 Å². The summed E-state index contributed by atoms with van der Waals surface area (Å²) in [5.41, 5.74) is 3.53. The van der Waals surface area contributed by atoms with Crippen molar-refractivity contribution in [2.75, 3.05) is 13.1 Å². The van der Waals surface area contributed by atoms with Crippen LogP contribution in [0.5, 0.6) is 0 Å². The van der Waals surface area contributed by atoms with Gasteiger partial charge in [0, 0.05) is 61.8 Å². The second-order valence-corrected chi connectivity index (χ2v) is 7.57. The first-order valence-electron chi connectivity index (χ1n) is 9.95. The van der Waals surface area contributed by atoms with E-state index in [0.29, 0.717) is 12.3 Å². The molecule has 0 spiro atoms. The average molecular weight is 374 g/mol. The molecule has 0 atom stereocenters. The molecule has 3 aromatic rings. The van der Waals surface area contributed by atoms with Gasteiger partial charge >= 0.3 is 0 Å². The molecule has 0 radical (unpaired) electrons. The summed E-state index contributed by atoms with van der Waals surface area (Å²) in [7, 11) is 0. The number of hydrogen-bond acceptors (Lipinski definition) is 3. The third kappa shape index (κ3) is 4.14. The molecule has 0 saturated carbocycles. The molecule has 144 valence electrons. The summed E-state index contributed by atoms with van der Waals surface area (Å²) in [4.78, 5) is 23.1. The molecule has 1 aliphatic heterocycles. The predicted octanol–water partition coefficient (Wildman–Crippen LogP) is 3.73. The van der Waals surface area contributed by atoms with Crippen LogP contribution in [0.15, 0.2) is 61.1 Å². The SMILES string of the molecule is Cc1cnc(-c2ccncc2)n1CC1CN(C(=O)CCCc2ccccc2)C1. The summed E-state index contributed by atoms with van der Waals surface area (Å²) < 4.78 is 2.26. The van der Waals surface area contributed by atoms with Gasteiger partial charge in [-0.05, 0) is 37.5 Å². The van der Waals surface area contributed by atoms with Gasteiger partial charge in [0.05, 0.1) is 0 Å². The highest BCUT2D eigenvalue weighted by Gasteiger charge is 2.31. The van der Waals surface area contributed by atoms with Crippen LogP contribution in [0.4, 0.5) is 0 Å². The van der Waals surface area contributed by atoms with Crippen molar-refractivity contribution in [2.24, 2.45) is 5.92 Å². The van der Waals surface area contributed by atoms with Gasteiger partial charge < -0.3 is 9.47 Å². The molecule has 1 amide bonds. The predicted molar refractivity (Wildman–Crippen MR) is 110 cm³/mol. The van der Waals surface area contributed by atoms with Gasteiger partial charge in [-0.15, -0.1) is 0 Å². The molecule has 0 N–H and O–H groups in total. The number of benzene rings is 1. The minimum absolute atomic E-state index is 0.281. The Balaban J connectivity index is 1.27. The zero-order chi connectivity index (χ0) is 19.3. The molecule has 0 unspecified atom stereocenters. The van der Waals surface area contributed by atoms with Crippen molar-refractivity contribution in [3.8, 4) is 11.4 Å². The fraction of sp³-hybridized carbons (Fsp3) is 0.348. The zero-order valence-corrected chi connectivity index (χ0v) is 16.3. The number of imidazole rings is 1. The van der Waals surface area contributed by atoms with Crippen LogP contribution in [0.1, 0.15) is 24.1 Å². The molecular formula is C23H26N4O. The number of aromatic nitrogens is 3. The van der Waals surface area contributed by atoms with E-state index in [-0.39, 0.29) is 5.91 Å². The molecular weight excluding hydrogens is 348 g/mol. The molecule has 0 bridgehead atoms. The van der Waals surface area contributed by atoms with E-state index in [9.17, 15) is 4.79 Å². The molecule has 28 heavy (non-hydrogen) atoms. The molecule has 1 fully saturated rings. The summed E-state index contributed by atoms with van der Waals surface area (Å²) in [5, 5.41) is 0. The number of nitrogens with zero attached hydrogens (tertiary/aromatic N) is 4. The van der Waals surface area contributed by atoms with Crippen molar-refractivity contribution in [2.45, 2.75) is 32.7 Å². The number of carbonyl (C=O) groups excluding carboxylic acids is 1. The molecule has 2 aromatic heterocycles. The summed E-state index contributed by atoms with van der Waals surface area (Å²) in [5.74, 6) is 1.75. The van der Waals surface area contributed by atoms with E-state index in [1.165, 1.54) is 5.56 Å². The first-order chi connectivity index (χ1) is 13.7. The van der Waals surface area contributed by atoms with Crippen molar-refractivity contribution in [3.63, 3.8) is 0 Å². The number of hydrogen-bond donors (Lipinski definition) is 0. The maximum Gasteiger partial charge on any atom is 0.222 e. The van der Waals surface area contributed by atoms with E-state index in [1.54, 1.807) is 12.4 Å². The first kappa shape index (κ1) is 18.4. The van der Waals surface area contributed by atoms with Gasteiger partial charge in [0.1, 0.15) is 5.82 Å². The summed E-state index contributed by atoms with van der Waals surface area (Å²) in [6.45, 7) is 4.68. The molecule has 3 heterocycles.